The summed E-state index contributed by atoms with van der Waals surface area (Å²) in [5.41, 5.74) is 7.79. The molecule has 0 bridgehead atoms. The standard InChI is InChI=1S/C8H7N5OS/c9-5-1-2-6(10-3-5)7(14)12-8-13-11-4-15-8/h1-4H,9H2,(H,12,13,14). The lowest BCUT2D eigenvalue weighted by Crippen LogP contribution is -2.13. The number of nitrogens with two attached hydrogens (primary N) is 1. The number of nitrogens with one attached hydrogen (secondary N) is 1. The molecule has 0 spiro atoms. The van der Waals surface area contributed by atoms with Gasteiger partial charge in [-0.3, -0.25) is 10.1 Å². The molecule has 0 saturated carbocycles. The number of nitrogens with zero attached hydrogens (tertiary/aromatic N) is 3. The second-order valence-corrected chi connectivity index (χ2v) is 3.51. The zero-order chi connectivity index (χ0) is 10.7. The van der Waals surface area contributed by atoms with Crippen LogP contribution in [0.5, 0.6) is 0 Å². The Labute approximate surface area is 89.2 Å². The van der Waals surface area contributed by atoms with Gasteiger partial charge in [0.05, 0.1) is 11.9 Å². The maximum Gasteiger partial charge on any atom is 0.276 e. The van der Waals surface area contributed by atoms with Crippen LogP contribution in [0.4, 0.5) is 10.8 Å². The lowest BCUT2D eigenvalue weighted by atomic mass is 10.3. The number of anilines is 2. The lowest BCUT2D eigenvalue weighted by molar-refractivity contribution is 0.102. The van der Waals surface area contributed by atoms with Crippen molar-refractivity contribution in [3.63, 3.8) is 0 Å². The van der Waals surface area contributed by atoms with Crippen LogP contribution in [0, 0.1) is 0 Å². The minimum absolute atomic E-state index is 0.291. The highest BCUT2D eigenvalue weighted by Crippen LogP contribution is 2.10. The van der Waals surface area contributed by atoms with Crippen molar-refractivity contribution in [1.29, 1.82) is 0 Å². The highest BCUT2D eigenvalue weighted by Gasteiger charge is 2.08. The molecule has 0 aromatic carbocycles. The summed E-state index contributed by atoms with van der Waals surface area (Å²) in [4.78, 5) is 15.4. The summed E-state index contributed by atoms with van der Waals surface area (Å²) >= 11 is 1.24. The van der Waals surface area contributed by atoms with Crippen molar-refractivity contribution in [3.8, 4) is 0 Å². The van der Waals surface area contributed by atoms with Gasteiger partial charge in [-0.05, 0) is 12.1 Å². The first-order chi connectivity index (χ1) is 7.25. The molecule has 2 aromatic rings. The molecule has 0 aliphatic carbocycles. The highest BCUT2D eigenvalue weighted by molar-refractivity contribution is 7.13. The number of carbonyl (C=O) groups is 1. The van der Waals surface area contributed by atoms with Gasteiger partial charge in [-0.15, -0.1) is 10.2 Å². The number of hydrogen-bond acceptors (Lipinski definition) is 6. The summed E-state index contributed by atoms with van der Waals surface area (Å²) in [6.07, 6.45) is 1.43. The highest BCUT2D eigenvalue weighted by atomic mass is 32.1. The van der Waals surface area contributed by atoms with E-state index in [0.29, 0.717) is 16.5 Å². The molecule has 3 N–H and O–H groups in total. The normalized spacial score (nSPS) is 9.87. The average Bonchev–Trinajstić information content (AvgIpc) is 2.71. The van der Waals surface area contributed by atoms with E-state index in [4.69, 9.17) is 5.73 Å². The van der Waals surface area contributed by atoms with E-state index in [2.05, 4.69) is 20.5 Å². The smallest absolute Gasteiger partial charge is 0.276 e. The van der Waals surface area contributed by atoms with Crippen LogP contribution in [0.2, 0.25) is 0 Å². The molecule has 2 rings (SSSR count). The zero-order valence-corrected chi connectivity index (χ0v) is 8.36. The van der Waals surface area contributed by atoms with Crippen LogP contribution in [-0.2, 0) is 0 Å². The van der Waals surface area contributed by atoms with Crippen LogP contribution in [-0.4, -0.2) is 21.1 Å². The molecule has 0 saturated heterocycles. The van der Waals surface area contributed by atoms with Crippen molar-refractivity contribution in [1.82, 2.24) is 15.2 Å². The Kier molecular flexibility index (Phi) is 2.55. The van der Waals surface area contributed by atoms with Crippen molar-refractivity contribution in [2.24, 2.45) is 0 Å². The molecule has 2 aromatic heterocycles. The van der Waals surface area contributed by atoms with Crippen LogP contribution >= 0.6 is 11.3 Å². The molecule has 0 fully saturated rings. The Balaban J connectivity index is 2.11. The number of amides is 1. The number of hydrogen-bond donors (Lipinski definition) is 2. The third-order valence-corrected chi connectivity index (χ3v) is 2.21. The summed E-state index contributed by atoms with van der Waals surface area (Å²) < 4.78 is 0. The molecule has 0 radical (unpaired) electrons. The number of aromatic nitrogens is 3. The maximum atomic E-state index is 11.5. The lowest BCUT2D eigenvalue weighted by Gasteiger charge is -1.99. The molecule has 7 heteroatoms. The van der Waals surface area contributed by atoms with Gasteiger partial charge in [0.2, 0.25) is 5.13 Å². The van der Waals surface area contributed by atoms with Crippen LogP contribution in [0.25, 0.3) is 0 Å². The average molecular weight is 221 g/mol. The molecule has 6 nitrogen and oxygen atoms in total. The van der Waals surface area contributed by atoms with Gasteiger partial charge < -0.3 is 5.73 Å². The Morgan fingerprint density at radius 2 is 2.33 bits per heavy atom. The van der Waals surface area contributed by atoms with Crippen LogP contribution < -0.4 is 11.1 Å². The molecule has 15 heavy (non-hydrogen) atoms. The number of nitrogen functional groups attached to an aromatic ring is 1. The van der Waals surface area contributed by atoms with Gasteiger partial charge in [-0.1, -0.05) is 11.3 Å². The molecule has 0 unspecified atom stereocenters. The van der Waals surface area contributed by atoms with Crippen molar-refractivity contribution in [2.75, 3.05) is 11.1 Å². The van der Waals surface area contributed by atoms with E-state index < -0.39 is 0 Å². The Morgan fingerprint density at radius 1 is 1.47 bits per heavy atom. The zero-order valence-electron chi connectivity index (χ0n) is 7.54. The van der Waals surface area contributed by atoms with E-state index in [1.165, 1.54) is 23.0 Å². The Bertz CT molecular complexity index is 452. The van der Waals surface area contributed by atoms with E-state index in [1.54, 1.807) is 12.1 Å². The monoisotopic (exact) mass is 221 g/mol. The minimum atomic E-state index is -0.327. The van der Waals surface area contributed by atoms with Crippen LogP contribution in [0.1, 0.15) is 10.5 Å². The first-order valence-corrected chi connectivity index (χ1v) is 4.93. The SMILES string of the molecule is Nc1ccc(C(=O)Nc2nncs2)nc1. The van der Waals surface area contributed by atoms with Gasteiger partial charge in [0.25, 0.3) is 5.91 Å². The van der Waals surface area contributed by atoms with Gasteiger partial charge >= 0.3 is 0 Å². The fourth-order valence-corrected chi connectivity index (χ4v) is 1.37. The molecular formula is C8H7N5OS. The summed E-state index contributed by atoms with van der Waals surface area (Å²) in [5.74, 6) is -0.327. The molecule has 0 aliphatic rings. The predicted octanol–water partition coefficient (Wildman–Crippen LogP) is 0.768. The topological polar surface area (TPSA) is 93.8 Å². The first kappa shape index (κ1) is 9.53. The van der Waals surface area contributed by atoms with Crippen molar-refractivity contribution in [3.05, 3.63) is 29.5 Å². The molecule has 0 aliphatic heterocycles. The van der Waals surface area contributed by atoms with E-state index in [1.807, 2.05) is 0 Å². The quantitative estimate of drug-likeness (QED) is 0.781. The second kappa shape index (κ2) is 4.01. The summed E-state index contributed by atoms with van der Waals surface area (Å²) in [6, 6.07) is 3.16. The second-order valence-electron chi connectivity index (χ2n) is 2.67. The Hall–Kier alpha value is -2.02. The van der Waals surface area contributed by atoms with Gasteiger partial charge in [0.1, 0.15) is 11.2 Å². The largest absolute Gasteiger partial charge is 0.397 e. The van der Waals surface area contributed by atoms with E-state index in [-0.39, 0.29) is 5.91 Å². The van der Waals surface area contributed by atoms with Crippen LogP contribution in [0.3, 0.4) is 0 Å². The van der Waals surface area contributed by atoms with E-state index in [0.717, 1.165) is 0 Å². The van der Waals surface area contributed by atoms with E-state index >= 15 is 0 Å². The number of carbonyl (C=O) groups excluding carboxylic acids is 1. The van der Waals surface area contributed by atoms with Gasteiger partial charge in [-0.2, -0.15) is 0 Å². The van der Waals surface area contributed by atoms with Gasteiger partial charge in [0.15, 0.2) is 0 Å². The van der Waals surface area contributed by atoms with Gasteiger partial charge in [-0.25, -0.2) is 4.98 Å². The van der Waals surface area contributed by atoms with Gasteiger partial charge in [0, 0.05) is 0 Å². The number of rotatable bonds is 2. The predicted molar refractivity (Wildman–Crippen MR) is 56.5 cm³/mol. The third-order valence-electron chi connectivity index (χ3n) is 1.60. The van der Waals surface area contributed by atoms with Crippen LogP contribution in [0.15, 0.2) is 23.8 Å². The molecule has 0 atom stereocenters. The summed E-state index contributed by atoms with van der Waals surface area (Å²) in [6.45, 7) is 0. The summed E-state index contributed by atoms with van der Waals surface area (Å²) in [5, 5.41) is 10.3. The Morgan fingerprint density at radius 3 is 2.93 bits per heavy atom. The first-order valence-electron chi connectivity index (χ1n) is 4.05. The molecule has 2 heterocycles. The maximum absolute atomic E-state index is 11.5. The molecule has 1 amide bonds. The fraction of sp³-hybridized carbons (Fsp3) is 0. The number of pyridine rings is 1. The third kappa shape index (κ3) is 2.26. The fourth-order valence-electron chi connectivity index (χ4n) is 0.928. The van der Waals surface area contributed by atoms with Crippen molar-refractivity contribution < 1.29 is 4.79 Å². The molecular weight excluding hydrogens is 214 g/mol. The summed E-state index contributed by atoms with van der Waals surface area (Å²) in [7, 11) is 0. The minimum Gasteiger partial charge on any atom is -0.397 e. The van der Waals surface area contributed by atoms with Crippen molar-refractivity contribution >= 4 is 28.1 Å². The van der Waals surface area contributed by atoms with Crippen molar-refractivity contribution in [2.45, 2.75) is 0 Å². The molecule has 76 valence electrons. The van der Waals surface area contributed by atoms with E-state index in [9.17, 15) is 4.79 Å².